The molecule has 23 heavy (non-hydrogen) atoms. The van der Waals surface area contributed by atoms with Crippen LogP contribution >= 0.6 is 0 Å². The first kappa shape index (κ1) is 14.1. The maximum absolute atomic E-state index is 12.9. The van der Waals surface area contributed by atoms with E-state index in [9.17, 15) is 19.7 Å². The first-order valence-electron chi connectivity index (χ1n) is 7.80. The standard InChI is InChI=1S/C17H16N2O4/c1-9-2-7-12(19(22)23)8-13(9)18-16(20)14-10-3-4-11(6-5-10)15(14)17(18)21/h2-4,7-8,10-11,14-15H,5-6H2,1H3/t10-,11+,14-,15-/m0/s1. The number of benzene rings is 1. The lowest BCUT2D eigenvalue weighted by atomic mass is 9.63. The Balaban J connectivity index is 1.79. The van der Waals surface area contributed by atoms with Crippen LogP contribution in [-0.2, 0) is 9.59 Å². The van der Waals surface area contributed by atoms with Crippen LogP contribution < -0.4 is 4.90 Å². The van der Waals surface area contributed by atoms with Crippen molar-refractivity contribution in [1.29, 1.82) is 0 Å². The van der Waals surface area contributed by atoms with Crippen molar-refractivity contribution in [2.45, 2.75) is 19.8 Å². The van der Waals surface area contributed by atoms with E-state index < -0.39 is 4.92 Å². The van der Waals surface area contributed by atoms with E-state index in [4.69, 9.17) is 0 Å². The van der Waals surface area contributed by atoms with Crippen molar-refractivity contribution in [3.8, 4) is 0 Å². The van der Waals surface area contributed by atoms with E-state index in [1.807, 2.05) is 0 Å². The second kappa shape index (κ2) is 4.75. The van der Waals surface area contributed by atoms with Crippen molar-refractivity contribution in [1.82, 2.24) is 0 Å². The first-order valence-corrected chi connectivity index (χ1v) is 7.80. The minimum Gasteiger partial charge on any atom is -0.274 e. The molecule has 0 aromatic heterocycles. The van der Waals surface area contributed by atoms with Gasteiger partial charge in [-0.3, -0.25) is 19.7 Å². The first-order chi connectivity index (χ1) is 11.0. The summed E-state index contributed by atoms with van der Waals surface area (Å²) in [7, 11) is 0. The molecule has 0 unspecified atom stereocenters. The number of anilines is 1. The smallest absolute Gasteiger partial charge is 0.271 e. The summed E-state index contributed by atoms with van der Waals surface area (Å²) in [4.78, 5) is 37.4. The number of nitrogens with zero attached hydrogens (tertiary/aromatic N) is 2. The molecule has 5 rings (SSSR count). The third-order valence-corrected chi connectivity index (χ3v) is 5.40. The summed E-state index contributed by atoms with van der Waals surface area (Å²) < 4.78 is 0. The minimum absolute atomic E-state index is 0.109. The molecule has 0 radical (unpaired) electrons. The lowest BCUT2D eigenvalue weighted by molar-refractivity contribution is -0.384. The summed E-state index contributed by atoms with van der Waals surface area (Å²) in [5, 5.41) is 11.0. The highest BCUT2D eigenvalue weighted by atomic mass is 16.6. The van der Waals surface area contributed by atoms with Crippen molar-refractivity contribution in [3.63, 3.8) is 0 Å². The molecular formula is C17H16N2O4. The van der Waals surface area contributed by atoms with Crippen LogP contribution in [0.25, 0.3) is 0 Å². The molecule has 1 aliphatic heterocycles. The van der Waals surface area contributed by atoms with Gasteiger partial charge in [0.15, 0.2) is 0 Å². The van der Waals surface area contributed by atoms with Gasteiger partial charge in [0.05, 0.1) is 22.4 Å². The van der Waals surface area contributed by atoms with E-state index in [1.54, 1.807) is 13.0 Å². The molecule has 1 saturated heterocycles. The molecule has 1 saturated carbocycles. The second-order valence-electron chi connectivity index (χ2n) is 6.58. The molecule has 6 heteroatoms. The summed E-state index contributed by atoms with van der Waals surface area (Å²) >= 11 is 0. The number of aryl methyl sites for hydroxylation is 1. The number of amides is 2. The van der Waals surface area contributed by atoms with Crippen molar-refractivity contribution in [2.24, 2.45) is 23.7 Å². The largest absolute Gasteiger partial charge is 0.274 e. The van der Waals surface area contributed by atoms with Crippen molar-refractivity contribution >= 4 is 23.2 Å². The molecular weight excluding hydrogens is 296 g/mol. The molecule has 0 N–H and O–H groups in total. The van der Waals surface area contributed by atoms with Crippen LogP contribution in [0.2, 0.25) is 0 Å². The van der Waals surface area contributed by atoms with Gasteiger partial charge in [0.2, 0.25) is 11.8 Å². The maximum atomic E-state index is 12.9. The van der Waals surface area contributed by atoms with Crippen molar-refractivity contribution in [2.75, 3.05) is 4.90 Å². The van der Waals surface area contributed by atoms with Gasteiger partial charge in [-0.25, -0.2) is 4.90 Å². The molecule has 1 aromatic carbocycles. The zero-order valence-electron chi connectivity index (χ0n) is 12.6. The fourth-order valence-electron chi connectivity index (χ4n) is 4.26. The van der Waals surface area contributed by atoms with Crippen molar-refractivity contribution < 1.29 is 14.5 Å². The van der Waals surface area contributed by atoms with Crippen LogP contribution in [0.3, 0.4) is 0 Å². The predicted octanol–water partition coefficient (Wildman–Crippen LogP) is 2.60. The number of hydrogen-bond acceptors (Lipinski definition) is 4. The third-order valence-electron chi connectivity index (χ3n) is 5.40. The van der Waals surface area contributed by atoms with E-state index in [2.05, 4.69) is 12.2 Å². The van der Waals surface area contributed by atoms with Crippen LogP contribution in [0.15, 0.2) is 30.4 Å². The summed E-state index contributed by atoms with van der Waals surface area (Å²) in [6.07, 6.45) is 5.99. The Bertz CT molecular complexity index is 738. The van der Waals surface area contributed by atoms with Crippen LogP contribution in [0, 0.1) is 40.7 Å². The lowest BCUT2D eigenvalue weighted by Crippen LogP contribution is -2.38. The Hall–Kier alpha value is -2.50. The molecule has 118 valence electrons. The number of carbonyl (C=O) groups excluding carboxylic acids is 2. The number of non-ortho nitro benzene ring substituents is 1. The monoisotopic (exact) mass is 312 g/mol. The maximum Gasteiger partial charge on any atom is 0.271 e. The van der Waals surface area contributed by atoms with Crippen LogP contribution in [0.4, 0.5) is 11.4 Å². The van der Waals surface area contributed by atoms with Crippen LogP contribution in [0.1, 0.15) is 18.4 Å². The van der Waals surface area contributed by atoms with E-state index in [0.717, 1.165) is 12.8 Å². The number of nitro benzene ring substituents is 1. The highest BCUT2D eigenvalue weighted by Gasteiger charge is 2.57. The van der Waals surface area contributed by atoms with Gasteiger partial charge in [-0.05, 0) is 37.2 Å². The zero-order valence-corrected chi connectivity index (χ0v) is 12.6. The summed E-state index contributed by atoms with van der Waals surface area (Å²) in [6, 6.07) is 4.31. The Morgan fingerprint density at radius 2 is 1.65 bits per heavy atom. The third kappa shape index (κ3) is 1.87. The Kier molecular flexibility index (Phi) is 2.91. The van der Waals surface area contributed by atoms with E-state index in [1.165, 1.54) is 17.0 Å². The number of carbonyl (C=O) groups is 2. The lowest BCUT2D eigenvalue weighted by Gasteiger charge is -2.38. The number of imide groups is 1. The topological polar surface area (TPSA) is 80.5 Å². The molecule has 6 nitrogen and oxygen atoms in total. The SMILES string of the molecule is Cc1ccc([N+](=O)[O-])cc1N1C(=O)[C@@H]2[C@@H](C1=O)[C@H]1C=C[C@@H]2CC1. The van der Waals surface area contributed by atoms with E-state index >= 15 is 0 Å². The molecule has 2 fully saturated rings. The quantitative estimate of drug-likeness (QED) is 0.364. The number of nitro groups is 1. The van der Waals surface area contributed by atoms with Crippen molar-refractivity contribution in [3.05, 3.63) is 46.0 Å². The number of rotatable bonds is 2. The molecule has 3 aliphatic carbocycles. The Morgan fingerprint density at radius 1 is 1.09 bits per heavy atom. The zero-order chi connectivity index (χ0) is 16.3. The van der Waals surface area contributed by atoms with E-state index in [-0.39, 0.29) is 41.2 Å². The minimum atomic E-state index is -0.508. The number of hydrogen-bond donors (Lipinski definition) is 0. The van der Waals surface area contributed by atoms with Gasteiger partial charge < -0.3 is 0 Å². The number of allylic oxidation sites excluding steroid dienone is 2. The predicted molar refractivity (Wildman–Crippen MR) is 82.7 cm³/mol. The van der Waals surface area contributed by atoms with Gasteiger partial charge in [-0.1, -0.05) is 18.2 Å². The Labute approximate surface area is 132 Å². The average molecular weight is 312 g/mol. The number of fused-ring (bicyclic) bond motifs is 1. The fraction of sp³-hybridized carbons (Fsp3) is 0.412. The van der Waals surface area contributed by atoms with Crippen LogP contribution in [0.5, 0.6) is 0 Å². The van der Waals surface area contributed by atoms with Gasteiger partial charge in [0.1, 0.15) is 0 Å². The van der Waals surface area contributed by atoms with Gasteiger partial charge in [0.25, 0.3) is 5.69 Å². The molecule has 4 atom stereocenters. The average Bonchev–Trinajstić information content (AvgIpc) is 2.83. The Morgan fingerprint density at radius 3 is 2.13 bits per heavy atom. The summed E-state index contributed by atoms with van der Waals surface area (Å²) in [6.45, 7) is 1.76. The molecule has 2 amide bonds. The second-order valence-corrected chi connectivity index (χ2v) is 6.58. The molecule has 4 aliphatic rings. The molecule has 2 bridgehead atoms. The molecule has 1 heterocycles. The van der Waals surface area contributed by atoms with Gasteiger partial charge in [-0.2, -0.15) is 0 Å². The summed E-state index contributed by atoms with van der Waals surface area (Å²) in [5.74, 6) is -0.781. The highest BCUT2D eigenvalue weighted by Crippen LogP contribution is 2.50. The molecule has 1 aromatic rings. The van der Waals surface area contributed by atoms with E-state index in [0.29, 0.717) is 11.3 Å². The fourth-order valence-corrected chi connectivity index (χ4v) is 4.26. The molecule has 0 spiro atoms. The summed E-state index contributed by atoms with van der Waals surface area (Å²) in [5.41, 5.74) is 0.932. The van der Waals surface area contributed by atoms with Crippen LogP contribution in [-0.4, -0.2) is 16.7 Å². The van der Waals surface area contributed by atoms with Gasteiger partial charge in [-0.15, -0.1) is 0 Å². The van der Waals surface area contributed by atoms with Gasteiger partial charge >= 0.3 is 0 Å². The normalized spacial score (nSPS) is 31.6. The highest BCUT2D eigenvalue weighted by molar-refractivity contribution is 6.23. The van der Waals surface area contributed by atoms with Gasteiger partial charge in [0, 0.05) is 12.1 Å².